The third kappa shape index (κ3) is 6.88. The van der Waals surface area contributed by atoms with Crippen molar-refractivity contribution in [2.75, 3.05) is 24.9 Å². The lowest BCUT2D eigenvalue weighted by atomic mass is 10.2. The second kappa shape index (κ2) is 11.4. The Labute approximate surface area is 145 Å². The predicted molar refractivity (Wildman–Crippen MR) is 82.6 cm³/mol. The van der Waals surface area contributed by atoms with Gasteiger partial charge in [0.2, 0.25) is 9.76 Å². The molecule has 0 N–H and O–H groups in total. The van der Waals surface area contributed by atoms with Crippen molar-refractivity contribution in [1.82, 2.24) is 0 Å². The van der Waals surface area contributed by atoms with Crippen LogP contribution in [0.15, 0.2) is 6.07 Å². The van der Waals surface area contributed by atoms with Crippen LogP contribution < -0.4 is 5.12 Å². The molecule has 25 heavy (non-hydrogen) atoms. The minimum absolute atomic E-state index is 0.0595. The molecule has 0 aliphatic carbocycles. The van der Waals surface area contributed by atoms with E-state index in [9.17, 15) is 22.0 Å². The van der Waals surface area contributed by atoms with Gasteiger partial charge >= 0.3 is 0 Å². The summed E-state index contributed by atoms with van der Waals surface area (Å²) in [5, 5.41) is -0.145. The zero-order valence-electron chi connectivity index (χ0n) is 14.0. The van der Waals surface area contributed by atoms with Crippen LogP contribution in [0.5, 0.6) is 0 Å². The Bertz CT molecular complexity index is 532. The third-order valence-corrected chi connectivity index (χ3v) is 3.93. The summed E-state index contributed by atoms with van der Waals surface area (Å²) in [4.78, 5) is 0. The average molecular weight is 385 g/mol. The fraction of sp³-hybridized carbons (Fsp3) is 0.600. The van der Waals surface area contributed by atoms with E-state index in [2.05, 4.69) is 0 Å². The summed E-state index contributed by atoms with van der Waals surface area (Å²) in [5.41, 5.74) is -0.970. The van der Waals surface area contributed by atoms with Crippen molar-refractivity contribution < 1.29 is 35.9 Å². The van der Waals surface area contributed by atoms with Gasteiger partial charge < -0.3 is 13.9 Å². The molecule has 0 amide bonds. The number of unbranched alkanes of at least 4 members (excludes halogenated alkanes) is 1. The second-order valence-corrected chi connectivity index (χ2v) is 5.85. The molecule has 0 atom stereocenters. The molecule has 0 fully saturated rings. The van der Waals surface area contributed by atoms with E-state index in [1.54, 1.807) is 13.8 Å². The van der Waals surface area contributed by atoms with Crippen LogP contribution in [0.1, 0.15) is 26.7 Å². The minimum atomic E-state index is -2.04. The fourth-order valence-electron chi connectivity index (χ4n) is 1.82. The van der Waals surface area contributed by atoms with Crippen LogP contribution >= 0.6 is 0 Å². The molecule has 0 bridgehead atoms. The lowest BCUT2D eigenvalue weighted by Gasteiger charge is -2.17. The third-order valence-electron chi connectivity index (χ3n) is 3.01. The molecular weight excluding hydrogens is 365 g/mol. The fourth-order valence-corrected chi connectivity index (χ4v) is 2.60. The molecule has 0 saturated carbocycles. The van der Waals surface area contributed by atoms with E-state index in [0.717, 1.165) is 0 Å². The molecule has 142 valence electrons. The number of nitrogens with zero attached hydrogens (tertiary/aromatic N) is 1. The maximum absolute atomic E-state index is 13.8. The highest BCUT2D eigenvalue weighted by molar-refractivity contribution is 6.27. The van der Waals surface area contributed by atoms with Crippen LogP contribution in [-0.4, -0.2) is 36.0 Å². The van der Waals surface area contributed by atoms with E-state index in [1.165, 1.54) is 0 Å². The zero-order valence-corrected chi connectivity index (χ0v) is 15.0. The largest absolute Gasteiger partial charge is 0.372 e. The summed E-state index contributed by atoms with van der Waals surface area (Å²) in [5.74, 6) is -7.41. The maximum Gasteiger partial charge on any atom is 0.261 e. The van der Waals surface area contributed by atoms with E-state index in [0.29, 0.717) is 25.7 Å². The number of hydrogen-bond donors (Lipinski definition) is 0. The van der Waals surface area contributed by atoms with Gasteiger partial charge in [0.15, 0.2) is 23.3 Å². The summed E-state index contributed by atoms with van der Waals surface area (Å²) < 4.78 is 81.9. The van der Waals surface area contributed by atoms with Crippen molar-refractivity contribution in [3.05, 3.63) is 29.3 Å². The standard InChI is InChI=1S/C15H20F5NO3Si/c1-3-22-15(23-4-2)24-25-8-6-5-7-21(20)11-9-10(16)12(17)14(19)13(11)18/h9,15H,3-8H2,1-2H3. The zero-order chi connectivity index (χ0) is 18.8. The number of rotatable bonds is 12. The van der Waals surface area contributed by atoms with Gasteiger partial charge in [0.25, 0.3) is 6.48 Å². The van der Waals surface area contributed by atoms with Gasteiger partial charge in [-0.25, -0.2) is 22.7 Å². The molecule has 1 aromatic carbocycles. The summed E-state index contributed by atoms with van der Waals surface area (Å²) >= 11 is 0. The van der Waals surface area contributed by atoms with Crippen LogP contribution in [0.3, 0.4) is 0 Å². The number of ether oxygens (including phenoxy) is 2. The first-order valence-corrected chi connectivity index (χ1v) is 8.91. The van der Waals surface area contributed by atoms with Gasteiger partial charge in [0.1, 0.15) is 5.69 Å². The van der Waals surface area contributed by atoms with Crippen molar-refractivity contribution in [3.8, 4) is 0 Å². The number of hydrogen-bond acceptors (Lipinski definition) is 4. The summed E-state index contributed by atoms with van der Waals surface area (Å²) in [6.45, 7) is 3.42. The molecule has 1 aromatic rings. The quantitative estimate of drug-likeness (QED) is 0.103. The van der Waals surface area contributed by atoms with Crippen LogP contribution in [0.4, 0.5) is 27.7 Å². The first-order valence-electron chi connectivity index (χ1n) is 7.80. The normalized spacial score (nSPS) is 11.4. The molecule has 0 aliphatic rings. The molecule has 2 radical (unpaired) electrons. The van der Waals surface area contributed by atoms with Gasteiger partial charge in [-0.2, -0.15) is 0 Å². The molecule has 4 nitrogen and oxygen atoms in total. The molecule has 0 heterocycles. The number of halogens is 5. The van der Waals surface area contributed by atoms with Gasteiger partial charge in [0.05, 0.1) is 6.54 Å². The molecular formula is C15H20F5NO3Si. The van der Waals surface area contributed by atoms with Crippen molar-refractivity contribution in [3.63, 3.8) is 0 Å². The first-order chi connectivity index (χ1) is 11.9. The smallest absolute Gasteiger partial charge is 0.261 e. The molecule has 0 unspecified atom stereocenters. The topological polar surface area (TPSA) is 30.9 Å². The molecule has 0 saturated heterocycles. The van der Waals surface area contributed by atoms with Crippen molar-refractivity contribution in [2.24, 2.45) is 0 Å². The van der Waals surface area contributed by atoms with Gasteiger partial charge in [-0.1, -0.05) is 10.9 Å². The van der Waals surface area contributed by atoms with Crippen LogP contribution in [0, 0.1) is 23.3 Å². The molecule has 0 aromatic heterocycles. The molecule has 0 aliphatic heterocycles. The van der Waals surface area contributed by atoms with Crippen LogP contribution in [0.2, 0.25) is 6.04 Å². The molecule has 0 spiro atoms. The van der Waals surface area contributed by atoms with E-state index >= 15 is 0 Å². The predicted octanol–water partition coefficient (Wildman–Crippen LogP) is 4.12. The molecule has 10 heteroatoms. The van der Waals surface area contributed by atoms with E-state index in [-0.39, 0.29) is 33.9 Å². The Balaban J connectivity index is 2.35. The van der Waals surface area contributed by atoms with Gasteiger partial charge in [-0.05, 0) is 26.3 Å². The average Bonchev–Trinajstić information content (AvgIpc) is 2.59. The minimum Gasteiger partial charge on any atom is -0.372 e. The van der Waals surface area contributed by atoms with E-state index < -0.39 is 35.4 Å². The maximum atomic E-state index is 13.8. The Morgan fingerprint density at radius 3 is 2.24 bits per heavy atom. The van der Waals surface area contributed by atoms with Crippen LogP contribution in [0.25, 0.3) is 0 Å². The lowest BCUT2D eigenvalue weighted by molar-refractivity contribution is -0.243. The number of anilines is 1. The Morgan fingerprint density at radius 1 is 1.00 bits per heavy atom. The van der Waals surface area contributed by atoms with Gasteiger partial charge in [-0.15, -0.1) is 0 Å². The van der Waals surface area contributed by atoms with E-state index in [1.807, 2.05) is 0 Å². The Kier molecular flexibility index (Phi) is 9.94. The van der Waals surface area contributed by atoms with Gasteiger partial charge in [-0.3, -0.25) is 0 Å². The monoisotopic (exact) mass is 385 g/mol. The van der Waals surface area contributed by atoms with Gasteiger partial charge in [0, 0.05) is 19.3 Å². The highest BCUT2D eigenvalue weighted by Crippen LogP contribution is 2.26. The number of benzene rings is 1. The first kappa shape index (κ1) is 21.8. The summed E-state index contributed by atoms with van der Waals surface area (Å²) in [6, 6.07) is 0.868. The van der Waals surface area contributed by atoms with E-state index in [4.69, 9.17) is 13.9 Å². The SMILES string of the molecule is CCOC(OCC)O[Si]CCCCN(F)c1cc(F)c(F)c(F)c1F. The Morgan fingerprint density at radius 2 is 1.64 bits per heavy atom. The highest BCUT2D eigenvalue weighted by atomic mass is 28.2. The van der Waals surface area contributed by atoms with Crippen molar-refractivity contribution >= 4 is 15.5 Å². The Hall–Kier alpha value is -1.23. The molecule has 1 rings (SSSR count). The lowest BCUT2D eigenvalue weighted by Crippen LogP contribution is -2.23. The highest BCUT2D eigenvalue weighted by Gasteiger charge is 2.22. The van der Waals surface area contributed by atoms with Crippen LogP contribution in [-0.2, 0) is 13.9 Å². The summed E-state index contributed by atoms with van der Waals surface area (Å²) in [7, 11) is 0.0595. The van der Waals surface area contributed by atoms with Crippen molar-refractivity contribution in [2.45, 2.75) is 39.2 Å². The van der Waals surface area contributed by atoms with Crippen molar-refractivity contribution in [1.29, 1.82) is 0 Å². The summed E-state index contributed by atoms with van der Waals surface area (Å²) in [6.07, 6.45) is 0.804. The second-order valence-electron chi connectivity index (χ2n) is 4.82.